The minimum atomic E-state index is -0.800. The lowest BCUT2D eigenvalue weighted by atomic mass is 10.1. The number of aliphatic carboxylic acids is 1. The molecule has 1 N–H and O–H groups in total. The van der Waals surface area contributed by atoms with Gasteiger partial charge in [0.1, 0.15) is 5.01 Å². The third kappa shape index (κ3) is 4.06. The van der Waals surface area contributed by atoms with E-state index in [2.05, 4.69) is 20.9 Å². The minimum absolute atomic E-state index is 0.0930. The highest BCUT2D eigenvalue weighted by atomic mass is 79.9. The fraction of sp³-hybridized carbons (Fsp3) is 0.111. The van der Waals surface area contributed by atoms with Gasteiger partial charge in [-0.25, -0.2) is 4.98 Å². The van der Waals surface area contributed by atoms with Crippen LogP contribution in [0.1, 0.15) is 23.4 Å². The summed E-state index contributed by atoms with van der Waals surface area (Å²) in [5.74, 6) is -0.800. The van der Waals surface area contributed by atoms with Gasteiger partial charge in [-0.05, 0) is 47.9 Å². The first kappa shape index (κ1) is 15.9. The highest BCUT2D eigenvalue weighted by molar-refractivity contribution is 9.10. The molecule has 23 heavy (non-hydrogen) atoms. The monoisotopic (exact) mass is 387 g/mol. The molecule has 0 aliphatic carbocycles. The maximum absolute atomic E-state index is 11.0. The lowest BCUT2D eigenvalue weighted by molar-refractivity contribution is -0.136. The Balaban J connectivity index is 2.02. The molecule has 0 aliphatic heterocycles. The molecule has 0 atom stereocenters. The Morgan fingerprint density at radius 3 is 2.74 bits per heavy atom. The van der Waals surface area contributed by atoms with E-state index in [1.54, 1.807) is 11.3 Å². The van der Waals surface area contributed by atoms with Crippen molar-refractivity contribution in [3.05, 3.63) is 63.6 Å². The summed E-state index contributed by atoms with van der Waals surface area (Å²) in [6.45, 7) is 0. The van der Waals surface area contributed by atoms with Crippen LogP contribution >= 0.6 is 27.3 Å². The summed E-state index contributed by atoms with van der Waals surface area (Å²) < 4.78 is 2.10. The van der Waals surface area contributed by atoms with E-state index in [4.69, 9.17) is 5.11 Å². The van der Waals surface area contributed by atoms with Gasteiger partial charge in [0.25, 0.3) is 0 Å². The van der Waals surface area contributed by atoms with E-state index in [-0.39, 0.29) is 6.42 Å². The van der Waals surface area contributed by atoms with Gasteiger partial charge in [0.2, 0.25) is 0 Å². The summed E-state index contributed by atoms with van der Waals surface area (Å²) in [6, 6.07) is 15.9. The van der Waals surface area contributed by atoms with Crippen LogP contribution in [-0.2, 0) is 4.79 Å². The first-order valence-corrected chi connectivity index (χ1v) is 8.76. The van der Waals surface area contributed by atoms with E-state index < -0.39 is 5.97 Å². The number of carboxylic acid groups (broad SMARTS) is 1. The molecule has 3 rings (SSSR count). The number of thiazole rings is 1. The second-order valence-electron chi connectivity index (χ2n) is 5.11. The fourth-order valence-corrected chi connectivity index (χ4v) is 3.72. The highest BCUT2D eigenvalue weighted by Gasteiger charge is 2.11. The predicted molar refractivity (Wildman–Crippen MR) is 98.5 cm³/mol. The molecular formula is C18H14BrNO2S. The number of para-hydroxylation sites is 1. The van der Waals surface area contributed by atoms with Crippen LogP contribution in [0.5, 0.6) is 0 Å². The summed E-state index contributed by atoms with van der Waals surface area (Å²) >= 11 is 5.06. The van der Waals surface area contributed by atoms with Crippen molar-refractivity contribution in [2.45, 2.75) is 12.8 Å². The number of halogens is 1. The minimum Gasteiger partial charge on any atom is -0.481 e. The Kier molecular flexibility index (Phi) is 4.88. The molecule has 3 nitrogen and oxygen atoms in total. The van der Waals surface area contributed by atoms with Gasteiger partial charge in [-0.1, -0.05) is 40.2 Å². The molecular weight excluding hydrogens is 374 g/mol. The van der Waals surface area contributed by atoms with Crippen molar-refractivity contribution >= 4 is 55.1 Å². The van der Waals surface area contributed by atoms with Crippen molar-refractivity contribution < 1.29 is 9.90 Å². The largest absolute Gasteiger partial charge is 0.481 e. The van der Waals surface area contributed by atoms with Gasteiger partial charge in [-0.2, -0.15) is 0 Å². The first-order chi connectivity index (χ1) is 11.1. The van der Waals surface area contributed by atoms with Crippen LogP contribution < -0.4 is 0 Å². The van der Waals surface area contributed by atoms with Crippen molar-refractivity contribution in [1.29, 1.82) is 0 Å². The Bertz CT molecular complexity index is 852. The summed E-state index contributed by atoms with van der Waals surface area (Å²) in [4.78, 5) is 15.6. The van der Waals surface area contributed by atoms with Crippen LogP contribution in [0.25, 0.3) is 21.9 Å². The Morgan fingerprint density at radius 2 is 2.00 bits per heavy atom. The Morgan fingerprint density at radius 1 is 1.17 bits per heavy atom. The molecule has 0 unspecified atom stereocenters. The van der Waals surface area contributed by atoms with Gasteiger partial charge in [0.05, 0.1) is 10.2 Å². The smallest absolute Gasteiger partial charge is 0.303 e. The van der Waals surface area contributed by atoms with Crippen LogP contribution in [0.3, 0.4) is 0 Å². The number of hydrogen-bond acceptors (Lipinski definition) is 3. The molecule has 1 heterocycles. The van der Waals surface area contributed by atoms with Gasteiger partial charge >= 0.3 is 5.97 Å². The SMILES string of the molecule is O=C(O)CC/C(=C/c1cccc(Br)c1)c1nc2ccccc2s1. The number of hydrogen-bond donors (Lipinski definition) is 1. The average molecular weight is 388 g/mol. The molecule has 0 fully saturated rings. The van der Waals surface area contributed by atoms with Gasteiger partial charge in [-0.15, -0.1) is 11.3 Å². The number of carboxylic acids is 1. The number of rotatable bonds is 5. The molecule has 0 aliphatic rings. The maximum Gasteiger partial charge on any atom is 0.303 e. The molecule has 0 radical (unpaired) electrons. The number of nitrogens with zero attached hydrogens (tertiary/aromatic N) is 1. The third-order valence-electron chi connectivity index (χ3n) is 3.37. The second kappa shape index (κ2) is 7.06. The molecule has 5 heteroatoms. The molecule has 1 aromatic heterocycles. The van der Waals surface area contributed by atoms with Gasteiger partial charge in [0, 0.05) is 10.9 Å². The molecule has 0 spiro atoms. The standard InChI is InChI=1S/C18H14BrNO2S/c19-14-5-3-4-12(11-14)10-13(8-9-17(21)22)18-20-15-6-1-2-7-16(15)23-18/h1-7,10-11H,8-9H2,(H,21,22)/b13-10-. The topological polar surface area (TPSA) is 50.2 Å². The van der Waals surface area contributed by atoms with E-state index in [1.165, 1.54) is 0 Å². The molecule has 2 aromatic carbocycles. The predicted octanol–water partition coefficient (Wildman–Crippen LogP) is 5.46. The Hall–Kier alpha value is -1.98. The van der Waals surface area contributed by atoms with E-state index in [1.807, 2.05) is 54.6 Å². The number of allylic oxidation sites excluding steroid dienone is 1. The van der Waals surface area contributed by atoms with E-state index in [0.29, 0.717) is 6.42 Å². The van der Waals surface area contributed by atoms with Crippen molar-refractivity contribution in [1.82, 2.24) is 4.98 Å². The average Bonchev–Trinajstić information content (AvgIpc) is 2.95. The van der Waals surface area contributed by atoms with Crippen LogP contribution in [0.4, 0.5) is 0 Å². The van der Waals surface area contributed by atoms with Crippen LogP contribution in [0, 0.1) is 0 Å². The molecule has 0 bridgehead atoms. The van der Waals surface area contributed by atoms with Crippen LogP contribution in [0.2, 0.25) is 0 Å². The lowest BCUT2D eigenvalue weighted by Gasteiger charge is -2.03. The van der Waals surface area contributed by atoms with Crippen LogP contribution in [0.15, 0.2) is 53.0 Å². The zero-order chi connectivity index (χ0) is 16.2. The van der Waals surface area contributed by atoms with E-state index >= 15 is 0 Å². The molecule has 3 aromatic rings. The van der Waals surface area contributed by atoms with Crippen molar-refractivity contribution in [3.8, 4) is 0 Å². The number of carbonyl (C=O) groups is 1. The van der Waals surface area contributed by atoms with Gasteiger partial charge in [-0.3, -0.25) is 4.79 Å². The summed E-state index contributed by atoms with van der Waals surface area (Å²) in [5, 5.41) is 9.89. The third-order valence-corrected chi connectivity index (χ3v) is 4.97. The molecule has 116 valence electrons. The van der Waals surface area contributed by atoms with E-state index in [0.717, 1.165) is 30.8 Å². The molecule has 0 saturated carbocycles. The quantitative estimate of drug-likeness (QED) is 0.631. The van der Waals surface area contributed by atoms with E-state index in [9.17, 15) is 4.79 Å². The van der Waals surface area contributed by atoms with Gasteiger partial charge < -0.3 is 5.11 Å². The first-order valence-electron chi connectivity index (χ1n) is 7.16. The lowest BCUT2D eigenvalue weighted by Crippen LogP contribution is -1.95. The number of aromatic nitrogens is 1. The second-order valence-corrected chi connectivity index (χ2v) is 7.05. The summed E-state index contributed by atoms with van der Waals surface area (Å²) in [5.41, 5.74) is 2.92. The maximum atomic E-state index is 11.0. The summed E-state index contributed by atoms with van der Waals surface area (Å²) in [6.07, 6.45) is 2.57. The fourth-order valence-electron chi connectivity index (χ4n) is 2.29. The Labute approximate surface area is 146 Å². The van der Waals surface area contributed by atoms with Gasteiger partial charge in [0.15, 0.2) is 0 Å². The highest BCUT2D eigenvalue weighted by Crippen LogP contribution is 2.31. The van der Waals surface area contributed by atoms with Crippen molar-refractivity contribution in [2.75, 3.05) is 0 Å². The normalized spacial score (nSPS) is 11.8. The van der Waals surface area contributed by atoms with Crippen LogP contribution in [-0.4, -0.2) is 16.1 Å². The molecule has 0 saturated heterocycles. The zero-order valence-electron chi connectivity index (χ0n) is 12.2. The summed E-state index contributed by atoms with van der Waals surface area (Å²) in [7, 11) is 0. The molecule has 0 amide bonds. The number of benzene rings is 2. The number of fused-ring (bicyclic) bond motifs is 1. The van der Waals surface area contributed by atoms with Crippen molar-refractivity contribution in [2.24, 2.45) is 0 Å². The van der Waals surface area contributed by atoms with Crippen molar-refractivity contribution in [3.63, 3.8) is 0 Å². The zero-order valence-corrected chi connectivity index (χ0v) is 14.6.